The molecule has 4 rings (SSSR count). The largest absolute Gasteiger partial charge is 0.481 e. The Labute approximate surface area is 210 Å². The van der Waals surface area contributed by atoms with E-state index in [0.717, 1.165) is 10.9 Å². The maximum absolute atomic E-state index is 12.7. The molecule has 178 valence electrons. The predicted octanol–water partition coefficient (Wildman–Crippen LogP) is 4.60. The number of halogens is 1. The van der Waals surface area contributed by atoms with Gasteiger partial charge in [0.05, 0.1) is 6.21 Å². The van der Waals surface area contributed by atoms with Crippen LogP contribution in [0.25, 0.3) is 10.9 Å². The molecule has 1 N–H and O–H groups in total. The first-order valence-corrected chi connectivity index (χ1v) is 12.6. The number of benzene rings is 3. The third-order valence-corrected chi connectivity index (χ3v) is 6.57. The number of pyridine rings is 1. The highest BCUT2D eigenvalue weighted by atomic mass is 79.9. The molecule has 0 aliphatic rings. The number of nitrogens with zero attached hydrogens (tertiary/aromatic N) is 2. The predicted molar refractivity (Wildman–Crippen MR) is 136 cm³/mol. The van der Waals surface area contributed by atoms with Gasteiger partial charge in [-0.3, -0.25) is 9.78 Å². The zero-order chi connectivity index (χ0) is 24.8. The molecule has 0 atom stereocenters. The molecule has 0 bridgehead atoms. The Balaban J connectivity index is 1.42. The number of rotatable bonds is 8. The lowest BCUT2D eigenvalue weighted by atomic mass is 10.2. The quantitative estimate of drug-likeness (QED) is 0.194. The first-order chi connectivity index (χ1) is 16.8. The minimum Gasteiger partial charge on any atom is -0.481 e. The molecule has 1 heterocycles. The Morgan fingerprint density at radius 1 is 1.06 bits per heavy atom. The number of carbonyl (C=O) groups excluding carboxylic acids is 1. The van der Waals surface area contributed by atoms with Crippen LogP contribution in [0.2, 0.25) is 0 Å². The molecule has 10 heteroatoms. The maximum Gasteiger partial charge on any atom is 0.339 e. The number of hydrogen-bond donors (Lipinski definition) is 1. The maximum atomic E-state index is 12.7. The molecule has 1 amide bonds. The van der Waals surface area contributed by atoms with Crippen LogP contribution in [0.4, 0.5) is 0 Å². The van der Waals surface area contributed by atoms with E-state index in [1.54, 1.807) is 36.5 Å². The Morgan fingerprint density at radius 3 is 2.63 bits per heavy atom. The molecule has 0 saturated heterocycles. The average Bonchev–Trinajstić information content (AvgIpc) is 2.84. The number of nitrogens with one attached hydrogen (secondary N) is 1. The highest BCUT2D eigenvalue weighted by Crippen LogP contribution is 2.26. The molecule has 4 aromatic rings. The molecule has 0 radical (unpaired) electrons. The van der Waals surface area contributed by atoms with Crippen LogP contribution in [0.1, 0.15) is 11.1 Å². The van der Waals surface area contributed by atoms with E-state index in [2.05, 4.69) is 31.4 Å². The second-order valence-electron chi connectivity index (χ2n) is 7.45. The van der Waals surface area contributed by atoms with E-state index in [1.807, 2.05) is 31.2 Å². The molecule has 0 unspecified atom stereocenters. The summed E-state index contributed by atoms with van der Waals surface area (Å²) in [5.74, 6) is 0.0370. The van der Waals surface area contributed by atoms with Gasteiger partial charge >= 0.3 is 10.1 Å². The summed E-state index contributed by atoms with van der Waals surface area (Å²) < 4.78 is 37.0. The molecule has 0 saturated carbocycles. The number of ether oxygens (including phenoxy) is 1. The van der Waals surface area contributed by atoms with Crippen molar-refractivity contribution in [2.24, 2.45) is 5.10 Å². The van der Waals surface area contributed by atoms with Crippen LogP contribution in [0, 0.1) is 6.92 Å². The van der Waals surface area contributed by atoms with Gasteiger partial charge in [-0.15, -0.1) is 0 Å². The summed E-state index contributed by atoms with van der Waals surface area (Å²) in [6, 6.07) is 20.2. The van der Waals surface area contributed by atoms with Crippen LogP contribution in [0.5, 0.6) is 11.5 Å². The van der Waals surface area contributed by atoms with Gasteiger partial charge in [-0.25, -0.2) is 5.43 Å². The van der Waals surface area contributed by atoms with Crippen LogP contribution < -0.4 is 14.3 Å². The molecule has 0 fully saturated rings. The van der Waals surface area contributed by atoms with Crippen LogP contribution in [0.3, 0.4) is 0 Å². The topological polar surface area (TPSA) is 107 Å². The normalized spacial score (nSPS) is 11.5. The lowest BCUT2D eigenvalue weighted by Gasteiger charge is -2.10. The van der Waals surface area contributed by atoms with E-state index < -0.39 is 16.0 Å². The van der Waals surface area contributed by atoms with Gasteiger partial charge in [0, 0.05) is 21.6 Å². The molecule has 8 nitrogen and oxygen atoms in total. The van der Waals surface area contributed by atoms with Crippen molar-refractivity contribution >= 4 is 49.1 Å². The van der Waals surface area contributed by atoms with Gasteiger partial charge in [-0.1, -0.05) is 51.8 Å². The van der Waals surface area contributed by atoms with Crippen molar-refractivity contribution in [3.8, 4) is 11.5 Å². The molecular formula is C25H20BrN3O5S. The van der Waals surface area contributed by atoms with Crippen molar-refractivity contribution in [1.82, 2.24) is 10.4 Å². The number of para-hydroxylation sites is 1. The van der Waals surface area contributed by atoms with Gasteiger partial charge in [0.15, 0.2) is 12.4 Å². The van der Waals surface area contributed by atoms with Crippen molar-refractivity contribution in [1.29, 1.82) is 0 Å². The molecule has 0 aliphatic heterocycles. The fourth-order valence-electron chi connectivity index (χ4n) is 3.11. The first-order valence-electron chi connectivity index (χ1n) is 10.4. The Morgan fingerprint density at radius 2 is 1.83 bits per heavy atom. The first kappa shape index (κ1) is 24.4. The number of carbonyl (C=O) groups is 1. The monoisotopic (exact) mass is 553 g/mol. The van der Waals surface area contributed by atoms with Crippen molar-refractivity contribution in [2.45, 2.75) is 11.8 Å². The highest BCUT2D eigenvalue weighted by Gasteiger charge is 2.18. The fourth-order valence-corrected chi connectivity index (χ4v) is 4.44. The zero-order valence-corrected chi connectivity index (χ0v) is 20.9. The van der Waals surface area contributed by atoms with E-state index in [1.165, 1.54) is 24.4 Å². The third kappa shape index (κ3) is 6.23. The van der Waals surface area contributed by atoms with Gasteiger partial charge < -0.3 is 8.92 Å². The molecule has 0 spiro atoms. The van der Waals surface area contributed by atoms with Crippen LogP contribution in [0.15, 0.2) is 93.5 Å². The smallest absolute Gasteiger partial charge is 0.339 e. The lowest BCUT2D eigenvalue weighted by Crippen LogP contribution is -2.24. The Hall–Kier alpha value is -3.76. The van der Waals surface area contributed by atoms with Gasteiger partial charge in [0.1, 0.15) is 16.2 Å². The van der Waals surface area contributed by atoms with E-state index in [-0.39, 0.29) is 17.3 Å². The second-order valence-corrected chi connectivity index (χ2v) is 9.91. The fraction of sp³-hybridized carbons (Fsp3) is 0.0800. The van der Waals surface area contributed by atoms with Crippen LogP contribution >= 0.6 is 15.9 Å². The molecule has 0 aliphatic carbocycles. The zero-order valence-electron chi connectivity index (χ0n) is 18.5. The SMILES string of the molecule is Cc1ccc(S(=O)(=O)Oc2ccc(Br)cc2/C=N\NC(=O)COc2cccc3cccnc23)cc1. The second kappa shape index (κ2) is 10.7. The number of aromatic nitrogens is 1. The highest BCUT2D eigenvalue weighted by molar-refractivity contribution is 9.10. The average molecular weight is 554 g/mol. The summed E-state index contributed by atoms with van der Waals surface area (Å²) in [7, 11) is -4.05. The van der Waals surface area contributed by atoms with E-state index in [4.69, 9.17) is 8.92 Å². The number of fused-ring (bicyclic) bond motifs is 1. The lowest BCUT2D eigenvalue weighted by molar-refractivity contribution is -0.123. The minimum atomic E-state index is -4.05. The standard InChI is InChI=1S/C25H20BrN3O5S/c1-17-7-10-21(11-8-17)35(31,32)34-22-12-9-20(26)14-19(22)15-28-29-24(30)16-33-23-6-2-4-18-5-3-13-27-25(18)23/h2-15H,16H2,1H3,(H,29,30)/b28-15-. The number of amides is 1. The summed E-state index contributed by atoms with van der Waals surface area (Å²) in [5, 5.41) is 4.81. The molecule has 1 aromatic heterocycles. The van der Waals surface area contributed by atoms with E-state index in [9.17, 15) is 13.2 Å². The third-order valence-electron chi connectivity index (χ3n) is 4.83. The summed E-state index contributed by atoms with van der Waals surface area (Å²) >= 11 is 3.34. The summed E-state index contributed by atoms with van der Waals surface area (Å²) in [4.78, 5) is 16.5. The van der Waals surface area contributed by atoms with Crippen molar-refractivity contribution in [2.75, 3.05) is 6.61 Å². The van der Waals surface area contributed by atoms with Gasteiger partial charge in [0.2, 0.25) is 0 Å². The van der Waals surface area contributed by atoms with Crippen LogP contribution in [-0.4, -0.2) is 32.1 Å². The minimum absolute atomic E-state index is 0.0299. The Bertz CT molecular complexity index is 1500. The van der Waals surface area contributed by atoms with Gasteiger partial charge in [0.25, 0.3) is 5.91 Å². The molecular weight excluding hydrogens is 534 g/mol. The van der Waals surface area contributed by atoms with E-state index >= 15 is 0 Å². The summed E-state index contributed by atoms with van der Waals surface area (Å²) in [5.41, 5.74) is 4.28. The van der Waals surface area contributed by atoms with Gasteiger partial charge in [-0.05, 0) is 49.4 Å². The summed E-state index contributed by atoms with van der Waals surface area (Å²) in [6.07, 6.45) is 2.94. The molecule has 35 heavy (non-hydrogen) atoms. The summed E-state index contributed by atoms with van der Waals surface area (Å²) in [6.45, 7) is 1.58. The van der Waals surface area contributed by atoms with E-state index in [0.29, 0.717) is 21.3 Å². The number of hydrazone groups is 1. The number of aryl methyl sites for hydroxylation is 1. The Kier molecular flexibility index (Phi) is 7.42. The number of hydrogen-bond acceptors (Lipinski definition) is 7. The van der Waals surface area contributed by atoms with Crippen LogP contribution in [-0.2, 0) is 14.9 Å². The molecule has 3 aromatic carbocycles. The van der Waals surface area contributed by atoms with Crippen molar-refractivity contribution in [3.63, 3.8) is 0 Å². The van der Waals surface area contributed by atoms with Crippen molar-refractivity contribution in [3.05, 3.63) is 94.6 Å². The van der Waals surface area contributed by atoms with Gasteiger partial charge in [-0.2, -0.15) is 13.5 Å². The van der Waals surface area contributed by atoms with Crippen molar-refractivity contribution < 1.29 is 22.1 Å².